The predicted molar refractivity (Wildman–Crippen MR) is 61.3 cm³/mol. The Morgan fingerprint density at radius 2 is 1.93 bits per heavy atom. The molecule has 2 N–H and O–H groups in total. The zero-order valence-electron chi connectivity index (χ0n) is 8.86. The van der Waals surface area contributed by atoms with E-state index in [0.717, 1.165) is 5.56 Å². The van der Waals surface area contributed by atoms with Crippen LogP contribution in [0.15, 0.2) is 24.3 Å². The number of rotatable bonds is 1. The first-order valence-electron chi connectivity index (χ1n) is 4.75. The highest BCUT2D eigenvalue weighted by molar-refractivity contribution is 5.85. The zero-order valence-corrected chi connectivity index (χ0v) is 9.67. The van der Waals surface area contributed by atoms with Gasteiger partial charge in [-0.25, -0.2) is 0 Å². The molecule has 1 aromatic carbocycles. The highest BCUT2D eigenvalue weighted by Gasteiger charge is 2.31. The number of phenols is 1. The van der Waals surface area contributed by atoms with Gasteiger partial charge in [0, 0.05) is 5.54 Å². The maximum absolute atomic E-state index is 9.14. The van der Waals surface area contributed by atoms with Crippen LogP contribution < -0.4 is 5.32 Å². The summed E-state index contributed by atoms with van der Waals surface area (Å²) >= 11 is 0. The second kappa shape index (κ2) is 4.39. The maximum Gasteiger partial charge on any atom is 0.134 e. The molecule has 1 aliphatic rings. The van der Waals surface area contributed by atoms with Crippen LogP contribution in [0.4, 0.5) is 0 Å². The average Bonchev–Trinajstić information content (AvgIpc) is 2.47. The summed E-state index contributed by atoms with van der Waals surface area (Å²) in [7, 11) is 0. The highest BCUT2D eigenvalue weighted by atomic mass is 35.5. The Morgan fingerprint density at radius 3 is 2.40 bits per heavy atom. The maximum atomic E-state index is 9.14. The van der Waals surface area contributed by atoms with Crippen LogP contribution in [0.2, 0.25) is 0 Å². The van der Waals surface area contributed by atoms with Gasteiger partial charge in [-0.05, 0) is 31.5 Å². The molecule has 0 bridgehead atoms. The van der Waals surface area contributed by atoms with Crippen LogP contribution in [-0.4, -0.2) is 17.3 Å². The van der Waals surface area contributed by atoms with Crippen molar-refractivity contribution < 1.29 is 9.84 Å². The molecule has 1 heterocycles. The lowest BCUT2D eigenvalue weighted by atomic mass is 10.1. The van der Waals surface area contributed by atoms with Crippen LogP contribution >= 0.6 is 12.4 Å². The minimum atomic E-state index is -0.0504. The quantitative estimate of drug-likeness (QED) is 0.776. The van der Waals surface area contributed by atoms with E-state index in [1.165, 1.54) is 0 Å². The summed E-state index contributed by atoms with van der Waals surface area (Å²) in [5.41, 5.74) is 1.08. The Hall–Kier alpha value is -0.770. The summed E-state index contributed by atoms with van der Waals surface area (Å²) in [6.07, 6.45) is -0.0504. The van der Waals surface area contributed by atoms with Gasteiger partial charge in [-0.1, -0.05) is 12.1 Å². The Kier molecular flexibility index (Phi) is 3.60. The molecule has 2 rings (SSSR count). The van der Waals surface area contributed by atoms with Crippen molar-refractivity contribution in [2.75, 3.05) is 6.61 Å². The molecule has 0 aliphatic carbocycles. The number of phenolic OH excluding ortho intramolecular Hbond substituents is 1. The number of hydrogen-bond acceptors (Lipinski definition) is 3. The molecule has 0 saturated carbocycles. The van der Waals surface area contributed by atoms with Crippen molar-refractivity contribution in [3.63, 3.8) is 0 Å². The van der Waals surface area contributed by atoms with E-state index in [0.29, 0.717) is 6.61 Å². The first-order chi connectivity index (χ1) is 6.57. The van der Waals surface area contributed by atoms with E-state index < -0.39 is 0 Å². The Balaban J connectivity index is 0.00000112. The fourth-order valence-corrected chi connectivity index (χ4v) is 1.56. The molecule has 0 spiro atoms. The van der Waals surface area contributed by atoms with Crippen LogP contribution in [0.25, 0.3) is 0 Å². The van der Waals surface area contributed by atoms with Gasteiger partial charge in [-0.15, -0.1) is 12.4 Å². The number of benzene rings is 1. The second-order valence-electron chi connectivity index (χ2n) is 4.31. The van der Waals surface area contributed by atoms with Gasteiger partial charge >= 0.3 is 0 Å². The normalized spacial score (nSPS) is 23.5. The average molecular weight is 230 g/mol. The minimum Gasteiger partial charge on any atom is -0.508 e. The van der Waals surface area contributed by atoms with E-state index in [1.807, 2.05) is 12.1 Å². The van der Waals surface area contributed by atoms with Crippen LogP contribution in [-0.2, 0) is 4.74 Å². The number of aromatic hydroxyl groups is 1. The molecule has 4 heteroatoms. The van der Waals surface area contributed by atoms with Gasteiger partial charge < -0.3 is 9.84 Å². The van der Waals surface area contributed by atoms with Gasteiger partial charge in [-0.2, -0.15) is 0 Å². The summed E-state index contributed by atoms with van der Waals surface area (Å²) in [4.78, 5) is 0. The Labute approximate surface area is 95.9 Å². The first-order valence-corrected chi connectivity index (χ1v) is 4.75. The van der Waals surface area contributed by atoms with Crippen LogP contribution in [0.5, 0.6) is 5.75 Å². The molecule has 15 heavy (non-hydrogen) atoms. The first kappa shape index (κ1) is 12.3. The van der Waals surface area contributed by atoms with E-state index in [4.69, 9.17) is 9.84 Å². The molecule has 0 amide bonds. The van der Waals surface area contributed by atoms with E-state index in [2.05, 4.69) is 19.2 Å². The third-order valence-corrected chi connectivity index (χ3v) is 2.33. The van der Waals surface area contributed by atoms with Gasteiger partial charge in [0.2, 0.25) is 0 Å². The van der Waals surface area contributed by atoms with Crippen molar-refractivity contribution in [2.24, 2.45) is 0 Å². The fourth-order valence-electron chi connectivity index (χ4n) is 1.56. The standard InChI is InChI=1S/C11H15NO2.ClH/c1-11(2)7-14-10(12-11)8-3-5-9(13)6-4-8;/h3-6,10,12-13H,7H2,1-2H3;1H. The third-order valence-electron chi connectivity index (χ3n) is 2.33. The zero-order chi connectivity index (χ0) is 10.2. The third kappa shape index (κ3) is 2.84. The predicted octanol–water partition coefficient (Wildman–Crippen LogP) is 2.21. The Morgan fingerprint density at radius 1 is 1.33 bits per heavy atom. The van der Waals surface area contributed by atoms with E-state index in [9.17, 15) is 0 Å². The van der Waals surface area contributed by atoms with Crippen molar-refractivity contribution in [2.45, 2.75) is 25.6 Å². The van der Waals surface area contributed by atoms with Crippen LogP contribution in [0.1, 0.15) is 25.6 Å². The lowest BCUT2D eigenvalue weighted by molar-refractivity contribution is 0.0989. The van der Waals surface area contributed by atoms with Gasteiger partial charge in [0.25, 0.3) is 0 Å². The summed E-state index contributed by atoms with van der Waals surface area (Å²) < 4.78 is 5.60. The molecule has 0 aromatic heterocycles. The molecular formula is C11H16ClNO2. The molecule has 1 unspecified atom stereocenters. The van der Waals surface area contributed by atoms with Gasteiger partial charge in [0.15, 0.2) is 0 Å². The lowest BCUT2D eigenvalue weighted by Gasteiger charge is -2.17. The largest absolute Gasteiger partial charge is 0.508 e. The van der Waals surface area contributed by atoms with E-state index >= 15 is 0 Å². The van der Waals surface area contributed by atoms with E-state index in [1.54, 1.807) is 12.1 Å². The van der Waals surface area contributed by atoms with Crippen molar-refractivity contribution in [1.82, 2.24) is 5.32 Å². The monoisotopic (exact) mass is 229 g/mol. The van der Waals surface area contributed by atoms with Gasteiger partial charge in [0.05, 0.1) is 6.61 Å². The summed E-state index contributed by atoms with van der Waals surface area (Å²) in [5, 5.41) is 12.5. The van der Waals surface area contributed by atoms with Gasteiger partial charge in [-0.3, -0.25) is 5.32 Å². The summed E-state index contributed by atoms with van der Waals surface area (Å²) in [6, 6.07) is 7.08. The lowest BCUT2D eigenvalue weighted by Crippen LogP contribution is -2.35. The molecular weight excluding hydrogens is 214 g/mol. The molecule has 1 aliphatic heterocycles. The smallest absolute Gasteiger partial charge is 0.134 e. The molecule has 1 saturated heterocycles. The fraction of sp³-hybridized carbons (Fsp3) is 0.455. The van der Waals surface area contributed by atoms with Crippen molar-refractivity contribution >= 4 is 12.4 Å². The Bertz CT molecular complexity index is 324. The molecule has 1 aromatic rings. The number of halogens is 1. The summed E-state index contributed by atoms with van der Waals surface area (Å²) in [6.45, 7) is 4.92. The topological polar surface area (TPSA) is 41.5 Å². The van der Waals surface area contributed by atoms with E-state index in [-0.39, 0.29) is 29.9 Å². The molecule has 3 nitrogen and oxygen atoms in total. The SMILES string of the molecule is CC1(C)COC(c2ccc(O)cc2)N1.Cl. The van der Waals surface area contributed by atoms with Crippen LogP contribution in [0, 0.1) is 0 Å². The van der Waals surface area contributed by atoms with Crippen molar-refractivity contribution in [3.05, 3.63) is 29.8 Å². The second-order valence-corrected chi connectivity index (χ2v) is 4.31. The summed E-state index contributed by atoms with van der Waals surface area (Å²) in [5.74, 6) is 0.283. The van der Waals surface area contributed by atoms with Gasteiger partial charge in [0.1, 0.15) is 12.0 Å². The van der Waals surface area contributed by atoms with Crippen molar-refractivity contribution in [3.8, 4) is 5.75 Å². The molecule has 84 valence electrons. The molecule has 1 fully saturated rings. The minimum absolute atomic E-state index is 0. The number of ether oxygens (including phenoxy) is 1. The number of nitrogens with one attached hydrogen (secondary N) is 1. The molecule has 1 atom stereocenters. The highest BCUT2D eigenvalue weighted by Crippen LogP contribution is 2.26. The molecule has 0 radical (unpaired) electrons. The van der Waals surface area contributed by atoms with Crippen molar-refractivity contribution in [1.29, 1.82) is 0 Å². The number of hydrogen-bond donors (Lipinski definition) is 2. The van der Waals surface area contributed by atoms with Crippen LogP contribution in [0.3, 0.4) is 0 Å².